The molecule has 0 unspecified atom stereocenters. The van der Waals surface area contributed by atoms with Crippen molar-refractivity contribution >= 4 is 11.6 Å². The third-order valence-corrected chi connectivity index (χ3v) is 7.33. The summed E-state index contributed by atoms with van der Waals surface area (Å²) in [4.78, 5) is 11.4. The molecule has 3 aromatic rings. The molecule has 2 aromatic carbocycles. The summed E-state index contributed by atoms with van der Waals surface area (Å²) in [7, 11) is 0. The number of aromatic nitrogens is 2. The molecule has 1 aromatic heterocycles. The van der Waals surface area contributed by atoms with Crippen LogP contribution in [-0.2, 0) is 0 Å². The van der Waals surface area contributed by atoms with Gasteiger partial charge in [-0.2, -0.15) is 5.26 Å². The quantitative estimate of drug-likeness (QED) is 0.389. The van der Waals surface area contributed by atoms with Gasteiger partial charge < -0.3 is 20.3 Å². The largest absolute Gasteiger partial charge is 0.573 e. The van der Waals surface area contributed by atoms with Gasteiger partial charge in [0.2, 0.25) is 5.95 Å². The van der Waals surface area contributed by atoms with Crippen molar-refractivity contribution in [1.82, 2.24) is 15.3 Å². The lowest BCUT2D eigenvalue weighted by molar-refractivity contribution is -0.274. The predicted molar refractivity (Wildman–Crippen MR) is 143 cm³/mol. The fraction of sp³-hybridized carbons (Fsp3) is 0.414. The lowest BCUT2D eigenvalue weighted by Crippen LogP contribution is -2.55. The zero-order valence-corrected chi connectivity index (χ0v) is 21.5. The molecule has 10 heteroatoms. The summed E-state index contributed by atoms with van der Waals surface area (Å²) in [6.45, 7) is 1.89. The minimum atomic E-state index is -4.75. The van der Waals surface area contributed by atoms with Gasteiger partial charge in [0.05, 0.1) is 17.3 Å². The molecule has 2 aliphatic rings. The normalized spacial score (nSPS) is 21.7. The van der Waals surface area contributed by atoms with E-state index in [1.165, 1.54) is 18.2 Å². The van der Waals surface area contributed by atoms with Crippen molar-refractivity contribution in [2.75, 3.05) is 23.3 Å². The van der Waals surface area contributed by atoms with Crippen LogP contribution < -0.4 is 20.3 Å². The highest BCUT2D eigenvalue weighted by Gasteiger charge is 2.32. The van der Waals surface area contributed by atoms with E-state index in [1.54, 1.807) is 18.3 Å². The van der Waals surface area contributed by atoms with Gasteiger partial charge in [-0.05, 0) is 68.1 Å². The topological polar surface area (TPSA) is 86.1 Å². The number of nitrogens with zero attached hydrogens (tertiary/aromatic N) is 4. The third-order valence-electron chi connectivity index (χ3n) is 7.33. The van der Waals surface area contributed by atoms with Crippen LogP contribution in [0.5, 0.6) is 5.75 Å². The van der Waals surface area contributed by atoms with Crippen LogP contribution in [-0.4, -0.2) is 47.5 Å². The molecular formula is C29H31F3N6O. The number of hydrogen-bond acceptors (Lipinski definition) is 7. The van der Waals surface area contributed by atoms with Crippen molar-refractivity contribution in [3.8, 4) is 23.1 Å². The van der Waals surface area contributed by atoms with E-state index >= 15 is 0 Å². The van der Waals surface area contributed by atoms with Crippen LogP contribution in [0.25, 0.3) is 11.3 Å². The van der Waals surface area contributed by atoms with Crippen molar-refractivity contribution in [2.45, 2.75) is 63.0 Å². The maximum atomic E-state index is 12.7. The predicted octanol–water partition coefficient (Wildman–Crippen LogP) is 5.90. The number of nitrogens with one attached hydrogen (secondary N) is 2. The average Bonchev–Trinajstić information content (AvgIpc) is 2.94. The van der Waals surface area contributed by atoms with E-state index in [1.807, 2.05) is 24.3 Å². The van der Waals surface area contributed by atoms with Crippen LogP contribution in [0.4, 0.5) is 24.8 Å². The first-order valence-electron chi connectivity index (χ1n) is 13.3. The fourth-order valence-corrected chi connectivity index (χ4v) is 5.51. The van der Waals surface area contributed by atoms with Gasteiger partial charge in [0, 0.05) is 48.7 Å². The first-order valence-corrected chi connectivity index (χ1v) is 13.3. The second kappa shape index (κ2) is 11.9. The molecule has 1 aliphatic heterocycles. The zero-order chi connectivity index (χ0) is 27.2. The number of anilines is 2. The molecule has 0 bridgehead atoms. The van der Waals surface area contributed by atoms with Crippen molar-refractivity contribution in [1.29, 1.82) is 5.26 Å². The van der Waals surface area contributed by atoms with Crippen LogP contribution in [0.15, 0.2) is 60.8 Å². The molecule has 1 saturated heterocycles. The van der Waals surface area contributed by atoms with E-state index in [0.29, 0.717) is 28.8 Å². The van der Waals surface area contributed by atoms with Crippen molar-refractivity contribution in [2.24, 2.45) is 0 Å². The third kappa shape index (κ3) is 7.18. The van der Waals surface area contributed by atoms with Gasteiger partial charge in [0.15, 0.2) is 0 Å². The smallest absolute Gasteiger partial charge is 0.406 e. The van der Waals surface area contributed by atoms with Gasteiger partial charge in [0.25, 0.3) is 0 Å². The first kappa shape index (κ1) is 26.8. The van der Waals surface area contributed by atoms with E-state index < -0.39 is 6.36 Å². The SMILES string of the molecule is N#Cc1ccc(N2CCC[C@H](N[C@@H]3CCCC[C@H]3Nc3nccc(-c4cccc(OC(F)(F)F)c4)n3)C2)cc1. The lowest BCUT2D eigenvalue weighted by Gasteiger charge is -2.40. The molecule has 2 N–H and O–H groups in total. The Hall–Kier alpha value is -3.84. The molecule has 5 rings (SSSR count). The summed E-state index contributed by atoms with van der Waals surface area (Å²) in [5, 5.41) is 16.5. The van der Waals surface area contributed by atoms with E-state index in [0.717, 1.165) is 57.3 Å². The molecule has 2 fully saturated rings. The van der Waals surface area contributed by atoms with Crippen molar-refractivity contribution < 1.29 is 17.9 Å². The maximum Gasteiger partial charge on any atom is 0.573 e. The van der Waals surface area contributed by atoms with Gasteiger partial charge in [-0.15, -0.1) is 13.2 Å². The number of ether oxygens (including phenoxy) is 1. The molecule has 204 valence electrons. The fourth-order valence-electron chi connectivity index (χ4n) is 5.51. The van der Waals surface area contributed by atoms with Crippen LogP contribution in [0, 0.1) is 11.3 Å². The highest BCUT2D eigenvalue weighted by Crippen LogP contribution is 2.29. The van der Waals surface area contributed by atoms with Gasteiger partial charge in [-0.1, -0.05) is 25.0 Å². The monoisotopic (exact) mass is 536 g/mol. The molecule has 3 atom stereocenters. The standard InChI is InChI=1S/C29H31F3N6O/c30-29(31,32)39-24-7-3-5-21(17-24)25-14-15-34-28(36-25)37-27-9-2-1-8-26(27)35-22-6-4-16-38(19-22)23-12-10-20(18-33)11-13-23/h3,5,7,10-15,17,22,26-27,35H,1-2,4,6,8-9,16,19H2,(H,34,36,37)/t22-,26+,27+/m0/s1. The van der Waals surface area contributed by atoms with Gasteiger partial charge in [-0.3, -0.25) is 0 Å². The van der Waals surface area contributed by atoms with Crippen LogP contribution >= 0.6 is 0 Å². The van der Waals surface area contributed by atoms with Crippen molar-refractivity contribution in [3.63, 3.8) is 0 Å². The average molecular weight is 537 g/mol. The summed E-state index contributed by atoms with van der Waals surface area (Å²) < 4.78 is 42.1. The Bertz CT molecular complexity index is 1290. The van der Waals surface area contributed by atoms with Crippen molar-refractivity contribution in [3.05, 3.63) is 66.4 Å². The molecule has 0 amide bonds. The Labute approximate surface area is 226 Å². The number of rotatable bonds is 7. The molecule has 39 heavy (non-hydrogen) atoms. The minimum absolute atomic E-state index is 0.138. The number of benzene rings is 2. The molecule has 0 radical (unpaired) electrons. The highest BCUT2D eigenvalue weighted by molar-refractivity contribution is 5.62. The number of nitriles is 1. The number of halogens is 3. The Morgan fingerprint density at radius 2 is 1.77 bits per heavy atom. The van der Waals surface area contributed by atoms with Gasteiger partial charge in [-0.25, -0.2) is 9.97 Å². The molecule has 1 aliphatic carbocycles. The summed E-state index contributed by atoms with van der Waals surface area (Å²) >= 11 is 0. The van der Waals surface area contributed by atoms with E-state index in [4.69, 9.17) is 5.26 Å². The Morgan fingerprint density at radius 3 is 2.54 bits per heavy atom. The lowest BCUT2D eigenvalue weighted by atomic mass is 9.89. The second-order valence-electron chi connectivity index (χ2n) is 10.1. The Morgan fingerprint density at radius 1 is 0.974 bits per heavy atom. The maximum absolute atomic E-state index is 12.7. The second-order valence-corrected chi connectivity index (χ2v) is 10.1. The van der Waals surface area contributed by atoms with Gasteiger partial charge >= 0.3 is 6.36 Å². The van der Waals surface area contributed by atoms with Crippen LogP contribution in [0.3, 0.4) is 0 Å². The van der Waals surface area contributed by atoms with E-state index in [9.17, 15) is 13.2 Å². The van der Waals surface area contributed by atoms with Crippen LogP contribution in [0.1, 0.15) is 44.1 Å². The van der Waals surface area contributed by atoms with E-state index in [-0.39, 0.29) is 17.8 Å². The summed E-state index contributed by atoms with van der Waals surface area (Å²) in [5.41, 5.74) is 2.83. The number of alkyl halides is 3. The Kier molecular flexibility index (Phi) is 8.17. The number of piperidine rings is 1. The summed E-state index contributed by atoms with van der Waals surface area (Å²) in [6.07, 6.45) is 3.32. The molecule has 1 saturated carbocycles. The molecule has 0 spiro atoms. The number of hydrogen-bond donors (Lipinski definition) is 2. The van der Waals surface area contributed by atoms with E-state index in [2.05, 4.69) is 36.3 Å². The summed E-state index contributed by atoms with van der Waals surface area (Å²) in [6, 6.07) is 18.1. The highest BCUT2D eigenvalue weighted by atomic mass is 19.4. The molecule has 7 nitrogen and oxygen atoms in total. The zero-order valence-electron chi connectivity index (χ0n) is 21.5. The molecule has 2 heterocycles. The Balaban J connectivity index is 1.24. The minimum Gasteiger partial charge on any atom is -0.406 e. The van der Waals surface area contributed by atoms with Crippen LogP contribution in [0.2, 0.25) is 0 Å². The van der Waals surface area contributed by atoms with Gasteiger partial charge in [0.1, 0.15) is 5.75 Å². The summed E-state index contributed by atoms with van der Waals surface area (Å²) in [5.74, 6) is 0.170. The molecular weight excluding hydrogens is 505 g/mol. The first-order chi connectivity index (χ1) is 18.9.